The Hall–Kier alpha value is -2.55. The SMILES string of the molecule is CC(C)CN(CC(C)C)c1nnc(NC(=O)Nc2ccc3c(c2)OCCO3)s1. The van der Waals surface area contributed by atoms with Gasteiger partial charge in [0.2, 0.25) is 10.3 Å². The number of hydrogen-bond acceptors (Lipinski definition) is 7. The number of urea groups is 1. The lowest BCUT2D eigenvalue weighted by atomic mass is 10.1. The van der Waals surface area contributed by atoms with E-state index in [9.17, 15) is 4.79 Å². The lowest BCUT2D eigenvalue weighted by Gasteiger charge is -2.25. The van der Waals surface area contributed by atoms with E-state index in [1.165, 1.54) is 11.3 Å². The molecule has 9 heteroatoms. The van der Waals surface area contributed by atoms with Gasteiger partial charge in [-0.05, 0) is 24.0 Å². The van der Waals surface area contributed by atoms with Crippen LogP contribution in [0.5, 0.6) is 11.5 Å². The van der Waals surface area contributed by atoms with Crippen molar-refractivity contribution in [2.75, 3.05) is 41.8 Å². The Bertz CT molecular complexity index is 799. The van der Waals surface area contributed by atoms with Gasteiger partial charge in [-0.3, -0.25) is 5.32 Å². The Morgan fingerprint density at radius 2 is 1.75 bits per heavy atom. The minimum absolute atomic E-state index is 0.376. The summed E-state index contributed by atoms with van der Waals surface area (Å²) in [7, 11) is 0. The van der Waals surface area contributed by atoms with Crippen molar-refractivity contribution in [3.8, 4) is 11.5 Å². The summed E-state index contributed by atoms with van der Waals surface area (Å²) < 4.78 is 11.0. The predicted molar refractivity (Wildman–Crippen MR) is 112 cm³/mol. The highest BCUT2D eigenvalue weighted by molar-refractivity contribution is 7.19. The maximum absolute atomic E-state index is 12.3. The molecule has 1 aromatic heterocycles. The van der Waals surface area contributed by atoms with E-state index in [0.717, 1.165) is 18.2 Å². The van der Waals surface area contributed by atoms with E-state index in [2.05, 4.69) is 53.4 Å². The molecule has 2 aromatic rings. The zero-order valence-electron chi connectivity index (χ0n) is 16.7. The molecular weight excluding hydrogens is 378 g/mol. The van der Waals surface area contributed by atoms with Gasteiger partial charge in [0.15, 0.2) is 11.5 Å². The average Bonchev–Trinajstić information content (AvgIpc) is 3.08. The molecule has 2 N–H and O–H groups in total. The third-order valence-corrected chi connectivity index (χ3v) is 4.78. The molecule has 0 saturated heterocycles. The van der Waals surface area contributed by atoms with Crippen molar-refractivity contribution in [1.29, 1.82) is 0 Å². The number of carbonyl (C=O) groups is 1. The quantitative estimate of drug-likeness (QED) is 0.722. The average molecular weight is 406 g/mol. The summed E-state index contributed by atoms with van der Waals surface area (Å²) in [5.41, 5.74) is 0.618. The summed E-state index contributed by atoms with van der Waals surface area (Å²) >= 11 is 1.37. The van der Waals surface area contributed by atoms with Gasteiger partial charge in [-0.1, -0.05) is 39.0 Å². The van der Waals surface area contributed by atoms with Gasteiger partial charge in [0, 0.05) is 24.8 Å². The van der Waals surface area contributed by atoms with Crippen LogP contribution in [-0.4, -0.2) is 42.5 Å². The molecule has 3 rings (SSSR count). The second-order valence-electron chi connectivity index (χ2n) is 7.52. The fraction of sp³-hybridized carbons (Fsp3) is 0.526. The van der Waals surface area contributed by atoms with Crippen molar-refractivity contribution in [1.82, 2.24) is 10.2 Å². The molecule has 1 aliphatic heterocycles. The summed E-state index contributed by atoms with van der Waals surface area (Å²) in [5, 5.41) is 15.2. The molecule has 8 nitrogen and oxygen atoms in total. The second kappa shape index (κ2) is 9.09. The van der Waals surface area contributed by atoms with Crippen LogP contribution in [0.2, 0.25) is 0 Å². The molecule has 0 fully saturated rings. The van der Waals surface area contributed by atoms with Crippen LogP contribution >= 0.6 is 11.3 Å². The van der Waals surface area contributed by atoms with E-state index in [4.69, 9.17) is 9.47 Å². The number of hydrogen-bond donors (Lipinski definition) is 2. The Morgan fingerprint density at radius 3 is 2.43 bits per heavy atom. The van der Waals surface area contributed by atoms with E-state index in [1.807, 2.05) is 0 Å². The van der Waals surface area contributed by atoms with Gasteiger partial charge in [0.25, 0.3) is 0 Å². The van der Waals surface area contributed by atoms with Crippen molar-refractivity contribution < 1.29 is 14.3 Å². The van der Waals surface area contributed by atoms with Crippen LogP contribution in [0.1, 0.15) is 27.7 Å². The second-order valence-corrected chi connectivity index (χ2v) is 8.48. The number of ether oxygens (including phenoxy) is 2. The fourth-order valence-electron chi connectivity index (χ4n) is 2.89. The number of anilines is 3. The standard InChI is InChI=1S/C19H27N5O3S/c1-12(2)10-24(11-13(3)4)19-23-22-18(28-19)21-17(25)20-14-5-6-15-16(9-14)27-8-7-26-15/h5-6,9,12-13H,7-8,10-11H2,1-4H3,(H2,20,21,22,25). The monoisotopic (exact) mass is 405 g/mol. The van der Waals surface area contributed by atoms with Crippen LogP contribution in [0.4, 0.5) is 20.7 Å². The van der Waals surface area contributed by atoms with E-state index < -0.39 is 0 Å². The predicted octanol–water partition coefficient (Wildman–Crippen LogP) is 4.07. The zero-order valence-corrected chi connectivity index (χ0v) is 17.5. The first kappa shape index (κ1) is 20.2. The molecule has 2 heterocycles. The first-order valence-electron chi connectivity index (χ1n) is 9.47. The van der Waals surface area contributed by atoms with E-state index in [-0.39, 0.29) is 6.03 Å². The number of rotatable bonds is 7. The fourth-order valence-corrected chi connectivity index (χ4v) is 3.64. The van der Waals surface area contributed by atoms with E-state index in [0.29, 0.717) is 47.4 Å². The van der Waals surface area contributed by atoms with Gasteiger partial charge >= 0.3 is 6.03 Å². The molecule has 0 aliphatic carbocycles. The molecule has 28 heavy (non-hydrogen) atoms. The van der Waals surface area contributed by atoms with Gasteiger partial charge in [0.05, 0.1) is 0 Å². The molecule has 0 saturated carbocycles. The molecule has 0 unspecified atom stereocenters. The molecule has 0 atom stereocenters. The van der Waals surface area contributed by atoms with Gasteiger partial charge < -0.3 is 19.7 Å². The van der Waals surface area contributed by atoms with Crippen LogP contribution < -0.4 is 25.0 Å². The van der Waals surface area contributed by atoms with Gasteiger partial charge in [-0.25, -0.2) is 4.79 Å². The van der Waals surface area contributed by atoms with Gasteiger partial charge in [0.1, 0.15) is 13.2 Å². The van der Waals surface area contributed by atoms with Crippen molar-refractivity contribution in [3.63, 3.8) is 0 Å². The highest BCUT2D eigenvalue weighted by atomic mass is 32.1. The molecule has 152 valence electrons. The molecule has 0 spiro atoms. The summed E-state index contributed by atoms with van der Waals surface area (Å²) in [6.45, 7) is 11.5. The van der Waals surface area contributed by atoms with Crippen LogP contribution in [0.15, 0.2) is 18.2 Å². The number of aromatic nitrogens is 2. The third-order valence-electron chi connectivity index (χ3n) is 3.88. The first-order chi connectivity index (χ1) is 13.4. The Morgan fingerprint density at radius 1 is 1.07 bits per heavy atom. The van der Waals surface area contributed by atoms with E-state index in [1.54, 1.807) is 18.2 Å². The van der Waals surface area contributed by atoms with Gasteiger partial charge in [-0.2, -0.15) is 0 Å². The number of nitrogens with zero attached hydrogens (tertiary/aromatic N) is 3. The number of fused-ring (bicyclic) bond motifs is 1. The van der Waals surface area contributed by atoms with Crippen molar-refractivity contribution in [2.24, 2.45) is 11.8 Å². The maximum atomic E-state index is 12.3. The largest absolute Gasteiger partial charge is 0.486 e. The Kier molecular flexibility index (Phi) is 6.56. The summed E-state index contributed by atoms with van der Waals surface area (Å²) in [5.74, 6) is 2.33. The maximum Gasteiger partial charge on any atom is 0.325 e. The highest BCUT2D eigenvalue weighted by Gasteiger charge is 2.17. The topological polar surface area (TPSA) is 88.6 Å². The Labute approximate surface area is 169 Å². The number of carbonyl (C=O) groups excluding carboxylic acids is 1. The van der Waals surface area contributed by atoms with E-state index >= 15 is 0 Å². The molecule has 2 amide bonds. The van der Waals surface area contributed by atoms with Crippen molar-refractivity contribution in [3.05, 3.63) is 18.2 Å². The van der Waals surface area contributed by atoms with Crippen LogP contribution in [0.3, 0.4) is 0 Å². The third kappa shape index (κ3) is 5.48. The number of nitrogens with one attached hydrogen (secondary N) is 2. The summed E-state index contributed by atoms with van der Waals surface area (Å²) in [6.07, 6.45) is 0. The zero-order chi connectivity index (χ0) is 20.1. The lowest BCUT2D eigenvalue weighted by molar-refractivity contribution is 0.171. The number of amides is 2. The molecule has 1 aliphatic rings. The van der Waals surface area contributed by atoms with Crippen molar-refractivity contribution >= 4 is 33.3 Å². The van der Waals surface area contributed by atoms with Gasteiger partial charge in [-0.15, -0.1) is 10.2 Å². The first-order valence-corrected chi connectivity index (χ1v) is 10.3. The van der Waals surface area contributed by atoms with Crippen LogP contribution in [0.25, 0.3) is 0 Å². The Balaban J connectivity index is 1.61. The normalized spacial score (nSPS) is 12.9. The summed E-state index contributed by atoms with van der Waals surface area (Å²) in [6, 6.07) is 4.92. The molecule has 0 bridgehead atoms. The molecule has 1 aromatic carbocycles. The molecule has 0 radical (unpaired) electrons. The minimum Gasteiger partial charge on any atom is -0.486 e. The molecular formula is C19H27N5O3S. The highest BCUT2D eigenvalue weighted by Crippen LogP contribution is 2.32. The van der Waals surface area contributed by atoms with Crippen molar-refractivity contribution in [2.45, 2.75) is 27.7 Å². The lowest BCUT2D eigenvalue weighted by Crippen LogP contribution is -2.31. The summed E-state index contributed by atoms with van der Waals surface area (Å²) in [4.78, 5) is 14.5. The number of benzene rings is 1. The smallest absolute Gasteiger partial charge is 0.325 e. The van der Waals surface area contributed by atoms with Crippen LogP contribution in [-0.2, 0) is 0 Å². The van der Waals surface area contributed by atoms with Crippen LogP contribution in [0, 0.1) is 11.8 Å². The minimum atomic E-state index is -0.376.